The third kappa shape index (κ3) is 5.14. The fourth-order valence-electron chi connectivity index (χ4n) is 4.31. The molecule has 0 bridgehead atoms. The van der Waals surface area contributed by atoms with E-state index in [1.54, 1.807) is 12.1 Å². The SMILES string of the molecule is O=C(Nc1ccc2cc(Cl)ccc2n1)C1CCC(c2nnc(-c3ccc(C(F)(F)F)cc3)o2)CC1. The molecule has 2 aromatic carbocycles. The molecule has 1 N–H and O–H groups in total. The van der Waals surface area contributed by atoms with E-state index in [9.17, 15) is 18.0 Å². The predicted octanol–water partition coefficient (Wildman–Crippen LogP) is 6.87. The molecule has 1 amide bonds. The van der Waals surface area contributed by atoms with Gasteiger partial charge >= 0.3 is 6.18 Å². The lowest BCUT2D eigenvalue weighted by molar-refractivity contribution is -0.137. The Balaban J connectivity index is 1.19. The first-order valence-corrected chi connectivity index (χ1v) is 11.5. The van der Waals surface area contributed by atoms with E-state index < -0.39 is 11.7 Å². The van der Waals surface area contributed by atoms with Gasteiger partial charge in [-0.2, -0.15) is 13.2 Å². The van der Waals surface area contributed by atoms with Crippen LogP contribution in [0.3, 0.4) is 0 Å². The lowest BCUT2D eigenvalue weighted by Crippen LogP contribution is -2.27. The van der Waals surface area contributed by atoms with Crippen LogP contribution in [0.1, 0.15) is 43.1 Å². The fourth-order valence-corrected chi connectivity index (χ4v) is 4.50. The Bertz CT molecular complexity index is 1360. The maximum atomic E-state index is 12.8. The molecule has 5 rings (SSSR count). The second-order valence-corrected chi connectivity index (χ2v) is 9.03. The van der Waals surface area contributed by atoms with Crippen LogP contribution >= 0.6 is 11.6 Å². The van der Waals surface area contributed by atoms with E-state index in [4.69, 9.17) is 16.0 Å². The highest BCUT2D eigenvalue weighted by Gasteiger charge is 2.31. The summed E-state index contributed by atoms with van der Waals surface area (Å²) in [6.07, 6.45) is -1.72. The Kier molecular flexibility index (Phi) is 6.19. The third-order valence-corrected chi connectivity index (χ3v) is 6.48. The van der Waals surface area contributed by atoms with Gasteiger partial charge in [-0.05, 0) is 80.3 Å². The quantitative estimate of drug-likeness (QED) is 0.330. The van der Waals surface area contributed by atoms with Gasteiger partial charge in [-0.25, -0.2) is 4.98 Å². The largest absolute Gasteiger partial charge is 0.420 e. The molecule has 1 saturated carbocycles. The molecule has 1 fully saturated rings. The van der Waals surface area contributed by atoms with E-state index in [1.807, 2.05) is 18.2 Å². The van der Waals surface area contributed by atoms with Crippen LogP contribution in [0.4, 0.5) is 19.0 Å². The summed E-state index contributed by atoms with van der Waals surface area (Å²) in [7, 11) is 0. The van der Waals surface area contributed by atoms with Gasteiger partial charge in [0.25, 0.3) is 0 Å². The summed E-state index contributed by atoms with van der Waals surface area (Å²) in [6.45, 7) is 0. The maximum absolute atomic E-state index is 12.8. The summed E-state index contributed by atoms with van der Waals surface area (Å²) in [6, 6.07) is 13.6. The zero-order valence-corrected chi connectivity index (χ0v) is 19.1. The topological polar surface area (TPSA) is 80.9 Å². The molecule has 1 aliphatic carbocycles. The van der Waals surface area contributed by atoms with Gasteiger partial charge < -0.3 is 9.73 Å². The minimum atomic E-state index is -4.40. The molecule has 0 aliphatic heterocycles. The number of anilines is 1. The van der Waals surface area contributed by atoms with Crippen LogP contribution in [-0.2, 0) is 11.0 Å². The summed E-state index contributed by atoms with van der Waals surface area (Å²) in [5, 5.41) is 12.5. The molecule has 2 heterocycles. The highest BCUT2D eigenvalue weighted by molar-refractivity contribution is 6.31. The van der Waals surface area contributed by atoms with Crippen molar-refractivity contribution >= 4 is 34.2 Å². The molecule has 0 spiro atoms. The minimum Gasteiger partial charge on any atom is -0.420 e. The highest BCUT2D eigenvalue weighted by Crippen LogP contribution is 2.37. The summed E-state index contributed by atoms with van der Waals surface area (Å²) >= 11 is 6.00. The first-order chi connectivity index (χ1) is 16.8. The molecule has 10 heteroatoms. The van der Waals surface area contributed by atoms with Crippen LogP contribution in [0.2, 0.25) is 5.02 Å². The number of alkyl halides is 3. The first kappa shape index (κ1) is 23.3. The van der Waals surface area contributed by atoms with Crippen molar-refractivity contribution in [2.45, 2.75) is 37.8 Å². The Morgan fingerprint density at radius 2 is 1.71 bits per heavy atom. The fraction of sp³-hybridized carbons (Fsp3) is 0.280. The number of fused-ring (bicyclic) bond motifs is 1. The van der Waals surface area contributed by atoms with Gasteiger partial charge in [0.15, 0.2) is 0 Å². The van der Waals surface area contributed by atoms with Crippen molar-refractivity contribution in [3.8, 4) is 11.5 Å². The Morgan fingerprint density at radius 3 is 2.43 bits per heavy atom. The zero-order chi connectivity index (χ0) is 24.6. The van der Waals surface area contributed by atoms with E-state index in [0.29, 0.717) is 48.0 Å². The standard InChI is InChI=1S/C25H20ClF3N4O2/c26-19-10-11-20-17(13-19)7-12-21(30-20)31-22(34)14-1-3-15(4-2-14)23-32-33-24(35-23)16-5-8-18(9-6-16)25(27,28)29/h5-15H,1-4H2,(H,30,31,34). The van der Waals surface area contributed by atoms with Crippen LogP contribution < -0.4 is 5.32 Å². The molecule has 35 heavy (non-hydrogen) atoms. The highest BCUT2D eigenvalue weighted by atomic mass is 35.5. The van der Waals surface area contributed by atoms with Gasteiger partial charge in [-0.3, -0.25) is 4.79 Å². The van der Waals surface area contributed by atoms with Crippen molar-refractivity contribution < 1.29 is 22.4 Å². The van der Waals surface area contributed by atoms with Crippen molar-refractivity contribution in [1.82, 2.24) is 15.2 Å². The second kappa shape index (κ2) is 9.30. The molecule has 0 atom stereocenters. The smallest absolute Gasteiger partial charge is 0.416 e. The van der Waals surface area contributed by atoms with Crippen LogP contribution in [-0.4, -0.2) is 21.1 Å². The van der Waals surface area contributed by atoms with Crippen LogP contribution in [0, 0.1) is 5.92 Å². The number of benzene rings is 2. The average molecular weight is 501 g/mol. The summed E-state index contributed by atoms with van der Waals surface area (Å²) < 4.78 is 44.1. The molecular formula is C25H20ClF3N4O2. The summed E-state index contributed by atoms with van der Waals surface area (Å²) in [5.74, 6) is 0.862. The number of nitrogens with zero attached hydrogens (tertiary/aromatic N) is 3. The number of hydrogen-bond donors (Lipinski definition) is 1. The Labute approximate surface area is 203 Å². The Hall–Kier alpha value is -3.46. The molecule has 1 aliphatic rings. The Morgan fingerprint density at radius 1 is 0.971 bits per heavy atom. The number of nitrogens with one attached hydrogen (secondary N) is 1. The van der Waals surface area contributed by atoms with E-state index in [2.05, 4.69) is 20.5 Å². The van der Waals surface area contributed by atoms with Gasteiger partial charge in [-0.15, -0.1) is 10.2 Å². The molecule has 6 nitrogen and oxygen atoms in total. The van der Waals surface area contributed by atoms with Gasteiger partial charge in [0.2, 0.25) is 17.7 Å². The monoisotopic (exact) mass is 500 g/mol. The van der Waals surface area contributed by atoms with Crippen molar-refractivity contribution in [3.63, 3.8) is 0 Å². The van der Waals surface area contributed by atoms with Crippen LogP contribution in [0.15, 0.2) is 59.0 Å². The maximum Gasteiger partial charge on any atom is 0.416 e. The zero-order valence-electron chi connectivity index (χ0n) is 18.3. The summed E-state index contributed by atoms with van der Waals surface area (Å²) in [5.41, 5.74) is 0.437. The van der Waals surface area contributed by atoms with Crippen LogP contribution in [0.5, 0.6) is 0 Å². The average Bonchev–Trinajstić information content (AvgIpc) is 3.34. The molecule has 180 valence electrons. The van der Waals surface area contributed by atoms with Crippen molar-refractivity contribution in [1.29, 1.82) is 0 Å². The third-order valence-electron chi connectivity index (χ3n) is 6.25. The van der Waals surface area contributed by atoms with E-state index in [-0.39, 0.29) is 23.6 Å². The number of carbonyl (C=O) groups excluding carboxylic acids is 1. The predicted molar refractivity (Wildman–Crippen MR) is 125 cm³/mol. The van der Waals surface area contributed by atoms with E-state index >= 15 is 0 Å². The van der Waals surface area contributed by atoms with Gasteiger partial charge in [0, 0.05) is 27.8 Å². The molecule has 4 aromatic rings. The summed E-state index contributed by atoms with van der Waals surface area (Å²) in [4.78, 5) is 17.3. The number of carbonyl (C=O) groups is 1. The normalized spacial score (nSPS) is 18.5. The van der Waals surface area contributed by atoms with E-state index in [1.165, 1.54) is 12.1 Å². The lowest BCUT2D eigenvalue weighted by Gasteiger charge is -2.25. The number of amides is 1. The second-order valence-electron chi connectivity index (χ2n) is 8.59. The molecular weight excluding hydrogens is 481 g/mol. The molecule has 0 saturated heterocycles. The van der Waals surface area contributed by atoms with E-state index in [0.717, 1.165) is 23.0 Å². The van der Waals surface area contributed by atoms with Gasteiger partial charge in [-0.1, -0.05) is 11.6 Å². The molecule has 2 aromatic heterocycles. The molecule has 0 radical (unpaired) electrons. The number of rotatable bonds is 4. The lowest BCUT2D eigenvalue weighted by atomic mass is 9.81. The number of pyridine rings is 1. The van der Waals surface area contributed by atoms with Gasteiger partial charge in [0.05, 0.1) is 11.1 Å². The first-order valence-electron chi connectivity index (χ1n) is 11.1. The minimum absolute atomic E-state index is 0.00158. The number of aromatic nitrogens is 3. The van der Waals surface area contributed by atoms with Crippen molar-refractivity contribution in [2.75, 3.05) is 5.32 Å². The molecule has 0 unspecified atom stereocenters. The number of hydrogen-bond acceptors (Lipinski definition) is 5. The number of halogens is 4. The van der Waals surface area contributed by atoms with Crippen LogP contribution in [0.25, 0.3) is 22.4 Å². The van der Waals surface area contributed by atoms with Gasteiger partial charge in [0.1, 0.15) is 5.82 Å². The van der Waals surface area contributed by atoms with Crippen molar-refractivity contribution in [3.05, 3.63) is 71.1 Å². The van der Waals surface area contributed by atoms with Crippen molar-refractivity contribution in [2.24, 2.45) is 5.92 Å².